The van der Waals surface area contributed by atoms with Crippen LogP contribution >= 0.6 is 0 Å². The lowest BCUT2D eigenvalue weighted by Crippen LogP contribution is -2.37. The number of para-hydroxylation sites is 1. The molecule has 0 aliphatic carbocycles. The Morgan fingerprint density at radius 1 is 1.33 bits per heavy atom. The highest BCUT2D eigenvalue weighted by molar-refractivity contribution is 5.79. The number of carbonyl (C=O) groups excluding carboxylic acids is 1. The van der Waals surface area contributed by atoms with E-state index in [-0.39, 0.29) is 6.54 Å². The van der Waals surface area contributed by atoms with Crippen molar-refractivity contribution in [3.05, 3.63) is 42.1 Å². The highest BCUT2D eigenvalue weighted by Gasteiger charge is 2.09. The van der Waals surface area contributed by atoms with Crippen molar-refractivity contribution in [3.8, 4) is 0 Å². The summed E-state index contributed by atoms with van der Waals surface area (Å²) in [6.45, 7) is 0.610. The Morgan fingerprint density at radius 3 is 2.89 bits per heavy atom. The molecule has 0 saturated heterocycles. The van der Waals surface area contributed by atoms with Gasteiger partial charge in [0.2, 0.25) is 5.91 Å². The van der Waals surface area contributed by atoms with Crippen molar-refractivity contribution in [2.24, 2.45) is 5.73 Å². The van der Waals surface area contributed by atoms with E-state index in [0.717, 1.165) is 16.6 Å². The number of carbonyl (C=O) groups is 1. The lowest BCUT2D eigenvalue weighted by atomic mass is 10.2. The molecule has 1 unspecified atom stereocenters. The van der Waals surface area contributed by atoms with Gasteiger partial charge in [-0.15, -0.1) is 0 Å². The van der Waals surface area contributed by atoms with Crippen molar-refractivity contribution in [1.29, 1.82) is 0 Å². The fourth-order valence-electron chi connectivity index (χ4n) is 1.64. The molecule has 0 aliphatic rings. The molecular formula is C13H15N3O2. The van der Waals surface area contributed by atoms with Gasteiger partial charge in [-0.3, -0.25) is 9.78 Å². The van der Waals surface area contributed by atoms with Crippen molar-refractivity contribution < 1.29 is 9.90 Å². The molecule has 0 bridgehead atoms. The van der Waals surface area contributed by atoms with Crippen LogP contribution in [-0.2, 0) is 11.3 Å². The van der Waals surface area contributed by atoms with Gasteiger partial charge >= 0.3 is 0 Å². The highest BCUT2D eigenvalue weighted by atomic mass is 16.3. The van der Waals surface area contributed by atoms with Crippen molar-refractivity contribution >= 4 is 16.8 Å². The summed E-state index contributed by atoms with van der Waals surface area (Å²) in [5.74, 6) is -0.728. The number of aliphatic hydroxyl groups excluding tert-OH is 1. The summed E-state index contributed by atoms with van der Waals surface area (Å²) in [4.78, 5) is 15.1. The zero-order valence-corrected chi connectivity index (χ0v) is 9.84. The predicted octanol–water partition coefficient (Wildman–Crippen LogP) is 0.171. The van der Waals surface area contributed by atoms with Crippen LogP contribution in [0.5, 0.6) is 0 Å². The molecule has 94 valence electrons. The molecule has 0 saturated carbocycles. The van der Waals surface area contributed by atoms with Gasteiger partial charge in [0.05, 0.1) is 11.2 Å². The van der Waals surface area contributed by atoms with E-state index in [1.807, 2.05) is 36.4 Å². The predicted molar refractivity (Wildman–Crippen MR) is 68.7 cm³/mol. The van der Waals surface area contributed by atoms with Crippen LogP contribution in [0.25, 0.3) is 10.9 Å². The van der Waals surface area contributed by atoms with Crippen LogP contribution in [0.4, 0.5) is 0 Å². The van der Waals surface area contributed by atoms with E-state index in [1.165, 1.54) is 0 Å². The summed E-state index contributed by atoms with van der Waals surface area (Å²) in [5.41, 5.74) is 6.72. The standard InChI is InChI=1S/C13H15N3O2/c14-13(18)12(17)8-15-7-10-6-5-9-3-1-2-4-11(9)16-10/h1-6,12,15,17H,7-8H2,(H2,14,18). The summed E-state index contributed by atoms with van der Waals surface area (Å²) < 4.78 is 0. The minimum Gasteiger partial charge on any atom is -0.382 e. The number of nitrogens with one attached hydrogen (secondary N) is 1. The van der Waals surface area contributed by atoms with Crippen LogP contribution in [0.2, 0.25) is 0 Å². The molecule has 1 amide bonds. The van der Waals surface area contributed by atoms with Gasteiger partial charge in [0, 0.05) is 18.5 Å². The number of rotatable bonds is 5. The maximum absolute atomic E-state index is 10.6. The SMILES string of the molecule is NC(=O)C(O)CNCc1ccc2ccccc2n1. The van der Waals surface area contributed by atoms with Crippen LogP contribution in [0.1, 0.15) is 5.69 Å². The van der Waals surface area contributed by atoms with Gasteiger partial charge < -0.3 is 16.2 Å². The third kappa shape index (κ3) is 3.03. The van der Waals surface area contributed by atoms with Gasteiger partial charge in [-0.25, -0.2) is 0 Å². The first kappa shape index (κ1) is 12.5. The first-order chi connectivity index (χ1) is 8.66. The van der Waals surface area contributed by atoms with Crippen LogP contribution < -0.4 is 11.1 Å². The number of fused-ring (bicyclic) bond motifs is 1. The zero-order chi connectivity index (χ0) is 13.0. The number of amides is 1. The molecule has 2 rings (SSSR count). The van der Waals surface area contributed by atoms with E-state index in [4.69, 9.17) is 5.73 Å². The normalized spacial score (nSPS) is 12.5. The van der Waals surface area contributed by atoms with Crippen molar-refractivity contribution in [2.75, 3.05) is 6.54 Å². The lowest BCUT2D eigenvalue weighted by Gasteiger charge is -2.08. The molecule has 1 heterocycles. The first-order valence-corrected chi connectivity index (χ1v) is 5.69. The second-order valence-electron chi connectivity index (χ2n) is 4.04. The Labute approximate surface area is 105 Å². The third-order valence-electron chi connectivity index (χ3n) is 2.63. The highest BCUT2D eigenvalue weighted by Crippen LogP contribution is 2.11. The summed E-state index contributed by atoms with van der Waals surface area (Å²) in [6, 6.07) is 11.7. The largest absolute Gasteiger partial charge is 0.382 e. The number of aromatic nitrogens is 1. The number of hydrogen-bond donors (Lipinski definition) is 3. The van der Waals surface area contributed by atoms with E-state index in [2.05, 4.69) is 10.3 Å². The summed E-state index contributed by atoms with van der Waals surface area (Å²) in [6.07, 6.45) is -1.16. The average molecular weight is 245 g/mol. The average Bonchev–Trinajstić information content (AvgIpc) is 2.38. The van der Waals surface area contributed by atoms with Gasteiger partial charge in [0.1, 0.15) is 6.10 Å². The molecule has 0 aliphatic heterocycles. The second kappa shape index (κ2) is 5.57. The summed E-state index contributed by atoms with van der Waals surface area (Å²) >= 11 is 0. The van der Waals surface area contributed by atoms with Crippen LogP contribution in [0, 0.1) is 0 Å². The molecule has 5 nitrogen and oxygen atoms in total. The van der Waals surface area contributed by atoms with Gasteiger partial charge in [0.25, 0.3) is 0 Å². The quantitative estimate of drug-likeness (QED) is 0.700. The number of hydrogen-bond acceptors (Lipinski definition) is 4. The van der Waals surface area contributed by atoms with Gasteiger partial charge in [0.15, 0.2) is 0 Å². The van der Waals surface area contributed by atoms with E-state index in [1.54, 1.807) is 0 Å². The molecule has 1 aromatic carbocycles. The minimum absolute atomic E-state index is 0.129. The maximum Gasteiger partial charge on any atom is 0.247 e. The van der Waals surface area contributed by atoms with E-state index >= 15 is 0 Å². The Morgan fingerprint density at radius 2 is 2.11 bits per heavy atom. The second-order valence-corrected chi connectivity index (χ2v) is 4.04. The van der Waals surface area contributed by atoms with Crippen molar-refractivity contribution in [2.45, 2.75) is 12.6 Å². The Bertz CT molecular complexity index is 557. The Balaban J connectivity index is 1.98. The molecule has 0 fully saturated rings. The molecule has 18 heavy (non-hydrogen) atoms. The molecule has 2 aromatic rings. The van der Waals surface area contributed by atoms with Crippen LogP contribution in [0.15, 0.2) is 36.4 Å². The molecule has 1 atom stereocenters. The molecule has 5 heteroatoms. The Hall–Kier alpha value is -1.98. The Kier molecular flexibility index (Phi) is 3.86. The fraction of sp³-hybridized carbons (Fsp3) is 0.231. The van der Waals surface area contributed by atoms with Crippen LogP contribution in [0.3, 0.4) is 0 Å². The van der Waals surface area contributed by atoms with Gasteiger partial charge in [-0.2, -0.15) is 0 Å². The topological polar surface area (TPSA) is 88.2 Å². The van der Waals surface area contributed by atoms with E-state index in [9.17, 15) is 9.90 Å². The number of nitrogens with zero attached hydrogens (tertiary/aromatic N) is 1. The lowest BCUT2D eigenvalue weighted by molar-refractivity contribution is -0.125. The van der Waals surface area contributed by atoms with Crippen molar-refractivity contribution in [1.82, 2.24) is 10.3 Å². The van der Waals surface area contributed by atoms with E-state index in [0.29, 0.717) is 6.54 Å². The first-order valence-electron chi connectivity index (χ1n) is 5.69. The number of nitrogens with two attached hydrogens (primary N) is 1. The number of primary amides is 1. The molecule has 0 spiro atoms. The van der Waals surface area contributed by atoms with Crippen LogP contribution in [-0.4, -0.2) is 28.6 Å². The number of pyridine rings is 1. The summed E-state index contributed by atoms with van der Waals surface area (Å²) in [7, 11) is 0. The zero-order valence-electron chi connectivity index (χ0n) is 9.84. The summed E-state index contributed by atoms with van der Waals surface area (Å²) in [5, 5.41) is 13.2. The maximum atomic E-state index is 10.6. The monoisotopic (exact) mass is 245 g/mol. The molecule has 0 radical (unpaired) electrons. The molecular weight excluding hydrogens is 230 g/mol. The number of benzene rings is 1. The van der Waals surface area contributed by atoms with Crippen molar-refractivity contribution in [3.63, 3.8) is 0 Å². The van der Waals surface area contributed by atoms with Gasteiger partial charge in [-0.05, 0) is 12.1 Å². The fourth-order valence-corrected chi connectivity index (χ4v) is 1.64. The van der Waals surface area contributed by atoms with Gasteiger partial charge in [-0.1, -0.05) is 24.3 Å². The van der Waals surface area contributed by atoms with E-state index < -0.39 is 12.0 Å². The minimum atomic E-state index is -1.16. The smallest absolute Gasteiger partial charge is 0.247 e. The molecule has 1 aromatic heterocycles. The molecule has 4 N–H and O–H groups in total. The number of aliphatic hydroxyl groups is 1. The third-order valence-corrected chi connectivity index (χ3v) is 2.63.